The molecule has 1 aromatic rings. The molecule has 1 aliphatic heterocycles. The number of rotatable bonds is 9. The molecule has 2 rings (SSSR count). The highest BCUT2D eigenvalue weighted by Gasteiger charge is 2.21. The van der Waals surface area contributed by atoms with Crippen molar-refractivity contribution in [2.75, 3.05) is 33.4 Å². The summed E-state index contributed by atoms with van der Waals surface area (Å²) in [5, 5.41) is 6.44. The maximum atomic E-state index is 12.2. The van der Waals surface area contributed by atoms with E-state index in [2.05, 4.69) is 17.6 Å². The smallest absolute Gasteiger partial charge is 0.220 e. The Balaban J connectivity index is 1.73. The topological polar surface area (TPSA) is 59.6 Å². The minimum absolute atomic E-state index is 0.124. The molecule has 2 atom stereocenters. The minimum atomic E-state index is 0.124. The average Bonchev–Trinajstić information content (AvgIpc) is 2.61. The second-order valence-corrected chi connectivity index (χ2v) is 6.55. The number of amides is 1. The molecule has 2 N–H and O–H groups in total. The van der Waals surface area contributed by atoms with Crippen LogP contribution in [0.25, 0.3) is 0 Å². The van der Waals surface area contributed by atoms with Gasteiger partial charge in [0.15, 0.2) is 0 Å². The van der Waals surface area contributed by atoms with Gasteiger partial charge in [-0.15, -0.1) is 0 Å². The number of hydrogen-bond acceptors (Lipinski definition) is 4. The van der Waals surface area contributed by atoms with Crippen LogP contribution in [0, 0.1) is 11.8 Å². The highest BCUT2D eigenvalue weighted by molar-refractivity contribution is 5.76. The molecule has 1 aromatic carbocycles. The number of hydrogen-bond donors (Lipinski definition) is 2. The van der Waals surface area contributed by atoms with Gasteiger partial charge in [0.2, 0.25) is 5.91 Å². The highest BCUT2D eigenvalue weighted by atomic mass is 16.5. The summed E-state index contributed by atoms with van der Waals surface area (Å²) in [6.07, 6.45) is 3.03. The van der Waals surface area contributed by atoms with Crippen molar-refractivity contribution >= 4 is 5.91 Å². The van der Waals surface area contributed by atoms with E-state index >= 15 is 0 Å². The van der Waals surface area contributed by atoms with Crippen LogP contribution < -0.4 is 15.4 Å². The SMILES string of the molecule is COCCOc1cccc(CNC(=O)CC(C)C2CCCNC2)c1. The van der Waals surface area contributed by atoms with Gasteiger partial charge in [-0.3, -0.25) is 4.79 Å². The Kier molecular flexibility index (Phi) is 8.05. The number of carbonyl (C=O) groups is 1. The summed E-state index contributed by atoms with van der Waals surface area (Å²) in [4.78, 5) is 12.2. The first-order chi connectivity index (χ1) is 11.7. The third kappa shape index (κ3) is 6.49. The Labute approximate surface area is 145 Å². The van der Waals surface area contributed by atoms with E-state index in [9.17, 15) is 4.79 Å². The van der Waals surface area contributed by atoms with Gasteiger partial charge in [-0.1, -0.05) is 19.1 Å². The molecule has 1 aliphatic rings. The summed E-state index contributed by atoms with van der Waals surface area (Å²) < 4.78 is 10.6. The van der Waals surface area contributed by atoms with E-state index in [1.807, 2.05) is 24.3 Å². The fourth-order valence-corrected chi connectivity index (χ4v) is 3.08. The Bertz CT molecular complexity index is 501. The van der Waals surface area contributed by atoms with Gasteiger partial charge < -0.3 is 20.1 Å². The third-order valence-electron chi connectivity index (χ3n) is 4.59. The summed E-state index contributed by atoms with van der Waals surface area (Å²) in [5.41, 5.74) is 1.05. The van der Waals surface area contributed by atoms with Gasteiger partial charge in [-0.05, 0) is 55.5 Å². The molecule has 0 saturated carbocycles. The zero-order chi connectivity index (χ0) is 17.2. The van der Waals surface area contributed by atoms with Crippen molar-refractivity contribution in [1.29, 1.82) is 0 Å². The first kappa shape index (κ1) is 18.7. The Morgan fingerprint density at radius 2 is 2.29 bits per heavy atom. The summed E-state index contributed by atoms with van der Waals surface area (Å²) in [6.45, 7) is 5.96. The van der Waals surface area contributed by atoms with E-state index in [-0.39, 0.29) is 5.91 Å². The van der Waals surface area contributed by atoms with E-state index in [1.54, 1.807) is 7.11 Å². The zero-order valence-corrected chi connectivity index (χ0v) is 14.8. The lowest BCUT2D eigenvalue weighted by Gasteiger charge is -2.28. The van der Waals surface area contributed by atoms with Gasteiger partial charge in [0.25, 0.3) is 0 Å². The molecule has 24 heavy (non-hydrogen) atoms. The van der Waals surface area contributed by atoms with E-state index in [1.165, 1.54) is 12.8 Å². The lowest BCUT2D eigenvalue weighted by molar-refractivity contribution is -0.122. The largest absolute Gasteiger partial charge is 0.491 e. The van der Waals surface area contributed by atoms with Gasteiger partial charge in [0.1, 0.15) is 12.4 Å². The summed E-state index contributed by atoms with van der Waals surface area (Å²) in [7, 11) is 1.65. The lowest BCUT2D eigenvalue weighted by Crippen LogP contribution is -2.35. The van der Waals surface area contributed by atoms with Crippen LogP contribution in [0.15, 0.2) is 24.3 Å². The number of piperidine rings is 1. The predicted octanol–water partition coefficient (Wildman–Crippen LogP) is 2.35. The van der Waals surface area contributed by atoms with Gasteiger partial charge in [0.05, 0.1) is 6.61 Å². The van der Waals surface area contributed by atoms with Crippen molar-refractivity contribution in [1.82, 2.24) is 10.6 Å². The standard InChI is InChI=1S/C19H30N2O3/c1-15(17-6-4-8-20-14-17)11-19(22)21-13-16-5-3-7-18(12-16)24-10-9-23-2/h3,5,7,12,15,17,20H,4,6,8-11,13-14H2,1-2H3,(H,21,22). The molecule has 1 saturated heterocycles. The van der Waals surface area contributed by atoms with Crippen molar-refractivity contribution in [2.24, 2.45) is 11.8 Å². The number of carbonyl (C=O) groups excluding carboxylic acids is 1. The van der Waals surface area contributed by atoms with Gasteiger partial charge in [-0.25, -0.2) is 0 Å². The highest BCUT2D eigenvalue weighted by Crippen LogP contribution is 2.22. The first-order valence-electron chi connectivity index (χ1n) is 8.87. The van der Waals surface area contributed by atoms with Crippen LogP contribution in [0.1, 0.15) is 31.7 Å². The number of benzene rings is 1. The molecule has 5 heteroatoms. The second-order valence-electron chi connectivity index (χ2n) is 6.55. The Morgan fingerprint density at radius 1 is 1.42 bits per heavy atom. The molecular weight excluding hydrogens is 304 g/mol. The predicted molar refractivity (Wildman–Crippen MR) is 95.0 cm³/mol. The number of ether oxygens (including phenoxy) is 2. The van der Waals surface area contributed by atoms with Crippen molar-refractivity contribution in [2.45, 2.75) is 32.7 Å². The third-order valence-corrected chi connectivity index (χ3v) is 4.59. The Hall–Kier alpha value is -1.59. The molecule has 134 valence electrons. The van der Waals surface area contributed by atoms with Crippen LogP contribution in [0.3, 0.4) is 0 Å². The average molecular weight is 334 g/mol. The van der Waals surface area contributed by atoms with Crippen LogP contribution in [0.2, 0.25) is 0 Å². The fraction of sp³-hybridized carbons (Fsp3) is 0.632. The second kappa shape index (κ2) is 10.3. The zero-order valence-electron chi connectivity index (χ0n) is 14.8. The molecular formula is C19H30N2O3. The van der Waals surface area contributed by atoms with E-state index in [4.69, 9.17) is 9.47 Å². The normalized spacial score (nSPS) is 18.8. The van der Waals surface area contributed by atoms with Crippen molar-refractivity contribution in [3.05, 3.63) is 29.8 Å². The van der Waals surface area contributed by atoms with Crippen molar-refractivity contribution in [3.8, 4) is 5.75 Å². The quantitative estimate of drug-likeness (QED) is 0.681. The molecule has 2 unspecified atom stereocenters. The van der Waals surface area contributed by atoms with E-state index in [0.717, 1.165) is 24.4 Å². The fourth-order valence-electron chi connectivity index (χ4n) is 3.08. The molecule has 1 heterocycles. The van der Waals surface area contributed by atoms with Crippen LogP contribution in [-0.4, -0.2) is 39.3 Å². The van der Waals surface area contributed by atoms with Gasteiger partial charge in [0, 0.05) is 20.1 Å². The van der Waals surface area contributed by atoms with Crippen LogP contribution in [-0.2, 0) is 16.1 Å². The lowest BCUT2D eigenvalue weighted by atomic mass is 9.85. The summed E-state index contributed by atoms with van der Waals surface area (Å²) in [5.74, 6) is 1.96. The maximum Gasteiger partial charge on any atom is 0.220 e. The van der Waals surface area contributed by atoms with Gasteiger partial charge in [-0.2, -0.15) is 0 Å². The number of nitrogens with one attached hydrogen (secondary N) is 2. The summed E-state index contributed by atoms with van der Waals surface area (Å²) in [6, 6.07) is 7.82. The van der Waals surface area contributed by atoms with Crippen LogP contribution in [0.4, 0.5) is 0 Å². The van der Waals surface area contributed by atoms with Crippen LogP contribution >= 0.6 is 0 Å². The molecule has 5 nitrogen and oxygen atoms in total. The summed E-state index contributed by atoms with van der Waals surface area (Å²) >= 11 is 0. The monoisotopic (exact) mass is 334 g/mol. The van der Waals surface area contributed by atoms with Crippen molar-refractivity contribution < 1.29 is 14.3 Å². The Morgan fingerprint density at radius 3 is 3.04 bits per heavy atom. The maximum absolute atomic E-state index is 12.2. The first-order valence-corrected chi connectivity index (χ1v) is 8.87. The van der Waals surface area contributed by atoms with E-state index < -0.39 is 0 Å². The molecule has 0 spiro atoms. The molecule has 1 amide bonds. The van der Waals surface area contributed by atoms with Crippen LogP contribution in [0.5, 0.6) is 5.75 Å². The van der Waals surface area contributed by atoms with Crippen molar-refractivity contribution in [3.63, 3.8) is 0 Å². The van der Waals surface area contributed by atoms with Gasteiger partial charge >= 0.3 is 0 Å². The van der Waals surface area contributed by atoms with E-state index in [0.29, 0.717) is 38.0 Å². The molecule has 1 fully saturated rings. The minimum Gasteiger partial charge on any atom is -0.491 e. The molecule has 0 aliphatic carbocycles. The molecule has 0 bridgehead atoms. The number of methoxy groups -OCH3 is 1. The molecule has 0 radical (unpaired) electrons. The molecule has 0 aromatic heterocycles.